The fourth-order valence-electron chi connectivity index (χ4n) is 4.06. The lowest BCUT2D eigenvalue weighted by atomic mass is 9.96. The summed E-state index contributed by atoms with van der Waals surface area (Å²) < 4.78 is 5.84. The van der Waals surface area contributed by atoms with Crippen LogP contribution >= 0.6 is 0 Å². The number of hydrazone groups is 1. The molecule has 0 unspecified atom stereocenters. The zero-order valence-electron chi connectivity index (χ0n) is 19.5. The van der Waals surface area contributed by atoms with Gasteiger partial charge in [-0.2, -0.15) is 5.10 Å². The van der Waals surface area contributed by atoms with Gasteiger partial charge >= 0.3 is 6.03 Å². The van der Waals surface area contributed by atoms with E-state index in [1.165, 1.54) is 77.0 Å². The number of carbonyl (C=O) groups excluding carboxylic acids is 1. The van der Waals surface area contributed by atoms with Gasteiger partial charge in [-0.05, 0) is 49.1 Å². The van der Waals surface area contributed by atoms with Crippen molar-refractivity contribution in [3.05, 3.63) is 29.8 Å². The van der Waals surface area contributed by atoms with E-state index < -0.39 is 0 Å². The summed E-state index contributed by atoms with van der Waals surface area (Å²) >= 11 is 0. The first kappa shape index (κ1) is 25.2. The van der Waals surface area contributed by atoms with E-state index in [2.05, 4.69) is 22.8 Å². The quantitative estimate of drug-likeness (QED) is 0.180. The Bertz CT molecular complexity index is 610. The maximum atomic E-state index is 11.9. The summed E-state index contributed by atoms with van der Waals surface area (Å²) in [5.41, 5.74) is 3.49. The summed E-state index contributed by atoms with van der Waals surface area (Å²) in [5, 5.41) is 7.03. The van der Waals surface area contributed by atoms with Crippen molar-refractivity contribution < 1.29 is 9.53 Å². The molecule has 0 aromatic heterocycles. The van der Waals surface area contributed by atoms with Gasteiger partial charge in [0.15, 0.2) is 0 Å². The molecule has 0 atom stereocenters. The molecule has 0 saturated heterocycles. The molecule has 174 valence electrons. The molecule has 0 aliphatic heterocycles. The summed E-state index contributed by atoms with van der Waals surface area (Å²) in [4.78, 5) is 11.9. The van der Waals surface area contributed by atoms with Gasteiger partial charge in [-0.3, -0.25) is 0 Å². The lowest BCUT2D eigenvalue weighted by Gasteiger charge is -2.22. The largest absolute Gasteiger partial charge is 0.494 e. The summed E-state index contributed by atoms with van der Waals surface area (Å²) in [5.74, 6) is 0.885. The van der Waals surface area contributed by atoms with Gasteiger partial charge in [0.1, 0.15) is 5.75 Å². The minimum atomic E-state index is -0.223. The molecule has 1 saturated carbocycles. The molecule has 2 rings (SSSR count). The van der Waals surface area contributed by atoms with Gasteiger partial charge in [0.25, 0.3) is 0 Å². The Hall–Kier alpha value is -2.04. The highest BCUT2D eigenvalue weighted by atomic mass is 16.5. The van der Waals surface area contributed by atoms with Gasteiger partial charge in [0, 0.05) is 6.04 Å². The molecule has 0 radical (unpaired) electrons. The van der Waals surface area contributed by atoms with Crippen LogP contribution in [0.3, 0.4) is 0 Å². The standard InChI is InChI=1S/C26H43N3O2/c1-2-3-4-5-6-7-8-9-10-14-21-31-25-19-17-23(18-20-25)22-27-29-26(30)28-24-15-12-11-13-16-24/h17-20,22,24H,2-16,21H2,1H3,(H2,28,29,30). The fraction of sp³-hybridized carbons (Fsp3) is 0.692. The highest BCUT2D eigenvalue weighted by Crippen LogP contribution is 2.17. The van der Waals surface area contributed by atoms with Gasteiger partial charge in [-0.1, -0.05) is 84.0 Å². The van der Waals surface area contributed by atoms with Gasteiger partial charge in [0.05, 0.1) is 12.8 Å². The molecule has 5 nitrogen and oxygen atoms in total. The number of carbonyl (C=O) groups is 1. The second-order valence-electron chi connectivity index (χ2n) is 8.78. The summed E-state index contributed by atoms with van der Waals surface area (Å²) in [7, 11) is 0. The Morgan fingerprint density at radius 1 is 0.935 bits per heavy atom. The maximum absolute atomic E-state index is 11.9. The number of ether oxygens (including phenoxy) is 1. The smallest absolute Gasteiger partial charge is 0.335 e. The first-order valence-corrected chi connectivity index (χ1v) is 12.6. The van der Waals surface area contributed by atoms with Crippen LogP contribution in [0.2, 0.25) is 0 Å². The van der Waals surface area contributed by atoms with E-state index in [0.29, 0.717) is 0 Å². The van der Waals surface area contributed by atoms with Crippen LogP contribution < -0.4 is 15.5 Å². The van der Waals surface area contributed by atoms with Crippen LogP contribution in [0, 0.1) is 0 Å². The molecule has 1 fully saturated rings. The number of rotatable bonds is 15. The zero-order chi connectivity index (χ0) is 22.0. The predicted octanol–water partition coefficient (Wildman–Crippen LogP) is 6.95. The van der Waals surface area contributed by atoms with Gasteiger partial charge in [0.2, 0.25) is 0 Å². The van der Waals surface area contributed by atoms with Crippen LogP contribution in [0.4, 0.5) is 4.79 Å². The van der Waals surface area contributed by atoms with E-state index in [1.54, 1.807) is 6.21 Å². The SMILES string of the molecule is CCCCCCCCCCCCOc1ccc(C=NNC(=O)NC2CCCCC2)cc1. The molecule has 31 heavy (non-hydrogen) atoms. The van der Waals surface area contributed by atoms with Crippen molar-refractivity contribution in [1.29, 1.82) is 0 Å². The van der Waals surface area contributed by atoms with Crippen molar-refractivity contribution in [2.24, 2.45) is 5.10 Å². The van der Waals surface area contributed by atoms with Crippen LogP contribution in [0.15, 0.2) is 29.4 Å². The van der Waals surface area contributed by atoms with Crippen LogP contribution in [0.1, 0.15) is 109 Å². The number of unbranched alkanes of at least 4 members (excludes halogenated alkanes) is 9. The summed E-state index contributed by atoms with van der Waals surface area (Å²) in [6, 6.07) is 7.89. The van der Waals surface area contributed by atoms with E-state index in [-0.39, 0.29) is 12.1 Å². The van der Waals surface area contributed by atoms with Crippen molar-refractivity contribution in [3.8, 4) is 5.75 Å². The molecular weight excluding hydrogens is 386 g/mol. The first-order chi connectivity index (χ1) is 15.3. The van der Waals surface area contributed by atoms with E-state index in [9.17, 15) is 4.79 Å². The lowest BCUT2D eigenvalue weighted by molar-refractivity contribution is 0.233. The molecule has 1 aromatic rings. The van der Waals surface area contributed by atoms with Crippen LogP contribution in [-0.2, 0) is 0 Å². The van der Waals surface area contributed by atoms with E-state index in [1.807, 2.05) is 24.3 Å². The Kier molecular flexibility index (Phi) is 13.5. The van der Waals surface area contributed by atoms with Gasteiger partial charge in [-0.25, -0.2) is 10.2 Å². The van der Waals surface area contributed by atoms with Crippen LogP contribution in [0.5, 0.6) is 5.75 Å². The number of amides is 2. The number of hydrogen-bond acceptors (Lipinski definition) is 3. The highest BCUT2D eigenvalue weighted by Gasteiger charge is 2.14. The second kappa shape index (κ2) is 16.6. The highest BCUT2D eigenvalue weighted by molar-refractivity contribution is 5.82. The number of hydrogen-bond donors (Lipinski definition) is 2. The van der Waals surface area contributed by atoms with Gasteiger partial charge in [-0.15, -0.1) is 0 Å². The third-order valence-electron chi connectivity index (χ3n) is 5.97. The maximum Gasteiger partial charge on any atom is 0.335 e. The van der Waals surface area contributed by atoms with Crippen molar-refractivity contribution in [2.45, 2.75) is 109 Å². The minimum absolute atomic E-state index is 0.223. The van der Waals surface area contributed by atoms with Crippen molar-refractivity contribution >= 4 is 12.2 Å². The number of nitrogens with zero attached hydrogens (tertiary/aromatic N) is 1. The van der Waals surface area contributed by atoms with Gasteiger partial charge < -0.3 is 10.1 Å². The topological polar surface area (TPSA) is 62.7 Å². The number of benzene rings is 1. The molecule has 2 N–H and O–H groups in total. The van der Waals surface area contributed by atoms with E-state index in [0.717, 1.165) is 37.2 Å². The Balaban J connectivity index is 1.49. The Labute approximate surface area is 189 Å². The third kappa shape index (κ3) is 12.4. The molecule has 1 aromatic carbocycles. The second-order valence-corrected chi connectivity index (χ2v) is 8.78. The summed E-state index contributed by atoms with van der Waals surface area (Å²) in [6.45, 7) is 3.04. The summed E-state index contributed by atoms with van der Waals surface area (Å²) in [6.07, 6.45) is 20.8. The zero-order valence-corrected chi connectivity index (χ0v) is 19.5. The molecule has 5 heteroatoms. The normalized spacial score (nSPS) is 14.6. The predicted molar refractivity (Wildman–Crippen MR) is 130 cm³/mol. The fourth-order valence-corrected chi connectivity index (χ4v) is 4.06. The number of urea groups is 1. The van der Waals surface area contributed by atoms with Crippen molar-refractivity contribution in [1.82, 2.24) is 10.7 Å². The number of nitrogens with one attached hydrogen (secondary N) is 2. The molecule has 0 spiro atoms. The lowest BCUT2D eigenvalue weighted by Crippen LogP contribution is -2.41. The molecule has 0 bridgehead atoms. The van der Waals surface area contributed by atoms with Crippen LogP contribution in [0.25, 0.3) is 0 Å². The van der Waals surface area contributed by atoms with E-state index in [4.69, 9.17) is 4.74 Å². The molecule has 1 aliphatic carbocycles. The third-order valence-corrected chi connectivity index (χ3v) is 5.97. The Morgan fingerprint density at radius 3 is 2.19 bits per heavy atom. The molecule has 1 aliphatic rings. The Morgan fingerprint density at radius 2 is 1.55 bits per heavy atom. The minimum Gasteiger partial charge on any atom is -0.494 e. The monoisotopic (exact) mass is 429 g/mol. The van der Waals surface area contributed by atoms with Crippen molar-refractivity contribution in [2.75, 3.05) is 6.61 Å². The molecule has 2 amide bonds. The van der Waals surface area contributed by atoms with E-state index >= 15 is 0 Å². The first-order valence-electron chi connectivity index (χ1n) is 12.6. The molecular formula is C26H43N3O2. The average Bonchev–Trinajstić information content (AvgIpc) is 2.79. The average molecular weight is 430 g/mol. The van der Waals surface area contributed by atoms with Crippen molar-refractivity contribution in [3.63, 3.8) is 0 Å². The van der Waals surface area contributed by atoms with Crippen LogP contribution in [-0.4, -0.2) is 24.9 Å². The molecule has 0 heterocycles.